The zero-order valence-corrected chi connectivity index (χ0v) is 23.6. The number of likely N-dealkylation sites (tertiary alicyclic amines) is 1. The summed E-state index contributed by atoms with van der Waals surface area (Å²) in [6.45, 7) is 3.44. The van der Waals surface area contributed by atoms with Gasteiger partial charge in [-0.15, -0.1) is 0 Å². The number of hydrogen-bond acceptors (Lipinski definition) is 7. The highest BCUT2D eigenvalue weighted by Gasteiger charge is 2.57. The number of halogens is 2. The predicted octanol–water partition coefficient (Wildman–Crippen LogP) is 3.23. The Morgan fingerprint density at radius 1 is 1.03 bits per heavy atom. The van der Waals surface area contributed by atoms with Crippen molar-refractivity contribution in [3.8, 4) is 0 Å². The van der Waals surface area contributed by atoms with E-state index < -0.39 is 32.5 Å². The number of carbonyl (C=O) groups is 2. The van der Waals surface area contributed by atoms with Crippen molar-refractivity contribution in [2.75, 3.05) is 37.6 Å². The number of sulfone groups is 1. The smallest absolute Gasteiger partial charge is 0.326 e. The number of piperazine rings is 1. The van der Waals surface area contributed by atoms with E-state index in [1.165, 1.54) is 30.0 Å². The average Bonchev–Trinajstić information content (AvgIpc) is 3.85. The van der Waals surface area contributed by atoms with Gasteiger partial charge in [0, 0.05) is 50.6 Å². The lowest BCUT2D eigenvalue weighted by atomic mass is 9.95. The molecule has 2 aliphatic carbocycles. The second-order valence-electron chi connectivity index (χ2n) is 11.0. The monoisotopic (exact) mass is 592 g/mol. The molecule has 1 aromatic carbocycles. The van der Waals surface area contributed by atoms with Crippen LogP contribution in [0.5, 0.6) is 0 Å². The summed E-state index contributed by atoms with van der Waals surface area (Å²) >= 11 is 12.4. The van der Waals surface area contributed by atoms with Crippen molar-refractivity contribution < 1.29 is 23.1 Å². The summed E-state index contributed by atoms with van der Waals surface area (Å²) in [7, 11) is -4.00. The molecule has 1 aromatic heterocycles. The fourth-order valence-corrected chi connectivity index (χ4v) is 8.40. The Hall–Kier alpha value is -2.40. The third-order valence-corrected chi connectivity index (χ3v) is 11.5. The number of aliphatic carboxylic acids is 1. The Kier molecular flexibility index (Phi) is 6.81. The summed E-state index contributed by atoms with van der Waals surface area (Å²) in [5, 5.41) is 9.25. The lowest BCUT2D eigenvalue weighted by Gasteiger charge is -2.36. The number of amides is 1. The molecule has 6 rings (SSSR count). The molecule has 2 atom stereocenters. The Balaban J connectivity index is 1.20. The number of carboxylic acid groups (broad SMARTS) is 1. The van der Waals surface area contributed by atoms with E-state index >= 15 is 0 Å². The van der Waals surface area contributed by atoms with E-state index in [-0.39, 0.29) is 28.8 Å². The van der Waals surface area contributed by atoms with Gasteiger partial charge in [-0.25, -0.2) is 18.2 Å². The van der Waals surface area contributed by atoms with Crippen LogP contribution in [0.15, 0.2) is 41.4 Å². The van der Waals surface area contributed by atoms with Crippen molar-refractivity contribution in [3.63, 3.8) is 0 Å². The number of rotatable bonds is 7. The van der Waals surface area contributed by atoms with Crippen LogP contribution in [0.3, 0.4) is 0 Å². The van der Waals surface area contributed by atoms with E-state index in [0.29, 0.717) is 29.6 Å². The molecule has 0 bridgehead atoms. The fourth-order valence-electron chi connectivity index (χ4n) is 6.05. The third kappa shape index (κ3) is 4.90. The Labute approximate surface area is 237 Å². The van der Waals surface area contributed by atoms with Crippen molar-refractivity contribution >= 4 is 50.6 Å². The summed E-state index contributed by atoms with van der Waals surface area (Å²) in [6.07, 6.45) is 4.95. The number of carboxylic acids is 1. The third-order valence-electron chi connectivity index (χ3n) is 8.65. The van der Waals surface area contributed by atoms with Gasteiger partial charge in [0.2, 0.25) is 5.91 Å². The zero-order valence-electron chi connectivity index (χ0n) is 21.3. The highest BCUT2D eigenvalue weighted by Crippen LogP contribution is 2.51. The molecule has 3 heterocycles. The molecule has 39 heavy (non-hydrogen) atoms. The molecule has 2 saturated heterocycles. The number of aromatic nitrogens is 1. The molecule has 2 aliphatic heterocycles. The van der Waals surface area contributed by atoms with Crippen molar-refractivity contribution in [3.05, 3.63) is 52.3 Å². The summed E-state index contributed by atoms with van der Waals surface area (Å²) in [5.74, 6) is -1.61. The first-order valence-corrected chi connectivity index (χ1v) is 15.6. The molecule has 208 valence electrons. The summed E-state index contributed by atoms with van der Waals surface area (Å²) in [5.41, 5.74) is 0.629. The lowest BCUT2D eigenvalue weighted by Crippen LogP contribution is -2.47. The number of benzene rings is 1. The molecule has 0 radical (unpaired) electrons. The summed E-state index contributed by atoms with van der Waals surface area (Å²) < 4.78 is 27.4. The second kappa shape index (κ2) is 9.90. The fraction of sp³-hybridized carbons (Fsp3) is 0.519. The van der Waals surface area contributed by atoms with Crippen LogP contribution < -0.4 is 4.90 Å². The summed E-state index contributed by atoms with van der Waals surface area (Å²) in [4.78, 5) is 35.8. The van der Waals surface area contributed by atoms with Gasteiger partial charge >= 0.3 is 5.97 Å². The standard InChI is InChI=1S/C27H30Cl2N4O5S/c28-21-13-19(32-11-9-31(10-12-32)18-2-3-18)4-5-23(21)39(37,38)20-14-22(25(34)35)33(16-20)26(36)27(7-8-27)17-1-6-24(29)30-15-17/h1,4-6,13,15,18,20,22H,2-3,7-12,14,16H2,(H,34,35)/t20-,22+/m1/s1. The molecule has 12 heteroatoms. The van der Waals surface area contributed by atoms with Gasteiger partial charge in [-0.05, 0) is 61.9 Å². The largest absolute Gasteiger partial charge is 0.480 e. The molecular weight excluding hydrogens is 563 g/mol. The van der Waals surface area contributed by atoms with E-state index in [9.17, 15) is 23.1 Å². The maximum atomic E-state index is 13.7. The van der Waals surface area contributed by atoms with E-state index in [2.05, 4.69) is 14.8 Å². The van der Waals surface area contributed by atoms with Crippen LogP contribution in [-0.2, 0) is 24.8 Å². The first kappa shape index (κ1) is 26.8. The van der Waals surface area contributed by atoms with E-state index in [1.807, 2.05) is 0 Å². The molecule has 4 aliphatic rings. The minimum atomic E-state index is -4.00. The maximum Gasteiger partial charge on any atom is 0.326 e. The van der Waals surface area contributed by atoms with Gasteiger partial charge in [-0.1, -0.05) is 29.3 Å². The number of carbonyl (C=O) groups excluding carboxylic acids is 1. The SMILES string of the molecule is O=C(O)[C@@H]1C[C@@H](S(=O)(=O)c2ccc(N3CCN(C4CC4)CC3)cc2Cl)CN1C(=O)C1(c2ccc(Cl)nc2)CC1. The van der Waals surface area contributed by atoms with Crippen LogP contribution in [0.25, 0.3) is 0 Å². The highest BCUT2D eigenvalue weighted by atomic mass is 35.5. The number of hydrogen-bond donors (Lipinski definition) is 1. The van der Waals surface area contributed by atoms with Gasteiger partial charge in [0.05, 0.1) is 20.6 Å². The van der Waals surface area contributed by atoms with Gasteiger partial charge in [-0.2, -0.15) is 0 Å². The molecule has 2 aromatic rings. The highest BCUT2D eigenvalue weighted by molar-refractivity contribution is 7.92. The number of pyridine rings is 1. The van der Waals surface area contributed by atoms with Gasteiger partial charge in [0.15, 0.2) is 9.84 Å². The minimum absolute atomic E-state index is 0.0315. The molecule has 0 unspecified atom stereocenters. The summed E-state index contributed by atoms with van der Waals surface area (Å²) in [6, 6.07) is 7.75. The first-order chi connectivity index (χ1) is 18.6. The Morgan fingerprint density at radius 2 is 1.74 bits per heavy atom. The molecule has 1 N–H and O–H groups in total. The van der Waals surface area contributed by atoms with Gasteiger partial charge < -0.3 is 14.9 Å². The Morgan fingerprint density at radius 3 is 2.31 bits per heavy atom. The van der Waals surface area contributed by atoms with Crippen molar-refractivity contribution in [2.45, 2.75) is 59.7 Å². The molecular formula is C27H30Cl2N4O5S. The second-order valence-corrected chi connectivity index (χ2v) is 14.0. The molecule has 9 nitrogen and oxygen atoms in total. The minimum Gasteiger partial charge on any atom is -0.480 e. The van der Waals surface area contributed by atoms with Crippen LogP contribution in [0.4, 0.5) is 5.69 Å². The molecule has 2 saturated carbocycles. The topological polar surface area (TPSA) is 111 Å². The van der Waals surface area contributed by atoms with Gasteiger partial charge in [0.1, 0.15) is 11.2 Å². The number of nitrogens with zero attached hydrogens (tertiary/aromatic N) is 4. The first-order valence-electron chi connectivity index (χ1n) is 13.3. The van der Waals surface area contributed by atoms with Crippen LogP contribution in [-0.4, -0.2) is 90.2 Å². The quantitative estimate of drug-likeness (QED) is 0.488. The lowest BCUT2D eigenvalue weighted by molar-refractivity contribution is -0.149. The van der Waals surface area contributed by atoms with Crippen LogP contribution in [0.2, 0.25) is 10.2 Å². The van der Waals surface area contributed by atoms with Crippen molar-refractivity contribution in [1.29, 1.82) is 0 Å². The van der Waals surface area contributed by atoms with E-state index in [1.54, 1.807) is 24.3 Å². The van der Waals surface area contributed by atoms with Gasteiger partial charge in [0.25, 0.3) is 0 Å². The normalized spacial score (nSPS) is 25.1. The average molecular weight is 594 g/mol. The van der Waals surface area contributed by atoms with E-state index in [4.69, 9.17) is 23.2 Å². The van der Waals surface area contributed by atoms with Crippen molar-refractivity contribution in [1.82, 2.24) is 14.8 Å². The van der Waals surface area contributed by atoms with E-state index in [0.717, 1.165) is 31.9 Å². The Bertz CT molecular complexity index is 1400. The number of anilines is 1. The molecule has 0 spiro atoms. The van der Waals surface area contributed by atoms with Crippen molar-refractivity contribution in [2.24, 2.45) is 0 Å². The predicted molar refractivity (Wildman–Crippen MR) is 147 cm³/mol. The van der Waals surface area contributed by atoms with Crippen LogP contribution in [0.1, 0.15) is 37.7 Å². The van der Waals surface area contributed by atoms with Crippen LogP contribution >= 0.6 is 23.2 Å². The molecule has 4 fully saturated rings. The van der Waals surface area contributed by atoms with Gasteiger partial charge in [-0.3, -0.25) is 9.69 Å². The molecule has 1 amide bonds. The van der Waals surface area contributed by atoms with Crippen LogP contribution in [0, 0.1) is 0 Å². The zero-order chi connectivity index (χ0) is 27.5. The maximum absolute atomic E-state index is 13.7.